The number of hydrogen-bond donors (Lipinski definition) is 2. The summed E-state index contributed by atoms with van der Waals surface area (Å²) in [6.45, 7) is 5.91. The summed E-state index contributed by atoms with van der Waals surface area (Å²) < 4.78 is 7.04. The van der Waals surface area contributed by atoms with Crippen molar-refractivity contribution in [3.8, 4) is 5.75 Å². The van der Waals surface area contributed by atoms with Crippen molar-refractivity contribution in [2.75, 3.05) is 42.4 Å². The normalized spacial score (nSPS) is 21.2. The molecule has 3 aromatic rings. The largest absolute Gasteiger partial charge is 0.496 e. The van der Waals surface area contributed by atoms with Gasteiger partial charge in [0.05, 0.1) is 30.4 Å². The van der Waals surface area contributed by atoms with Crippen LogP contribution in [0.5, 0.6) is 5.75 Å². The van der Waals surface area contributed by atoms with E-state index < -0.39 is 0 Å². The highest BCUT2D eigenvalue weighted by atomic mass is 16.5. The van der Waals surface area contributed by atoms with E-state index in [1.807, 2.05) is 37.1 Å². The molecule has 2 amide bonds. The van der Waals surface area contributed by atoms with Crippen LogP contribution in [-0.4, -0.2) is 69.5 Å². The van der Waals surface area contributed by atoms with Gasteiger partial charge in [-0.2, -0.15) is 15.1 Å². The Morgan fingerprint density at radius 1 is 1.25 bits per heavy atom. The van der Waals surface area contributed by atoms with E-state index >= 15 is 0 Å². The van der Waals surface area contributed by atoms with Crippen LogP contribution in [0.2, 0.25) is 0 Å². The highest BCUT2D eigenvalue weighted by molar-refractivity contribution is 5.93. The van der Waals surface area contributed by atoms with E-state index in [1.54, 1.807) is 23.0 Å². The second-order valence-corrected chi connectivity index (χ2v) is 8.31. The maximum Gasteiger partial charge on any atom is 0.339 e. The van der Waals surface area contributed by atoms with Crippen LogP contribution in [0, 0.1) is 6.92 Å². The van der Waals surface area contributed by atoms with Gasteiger partial charge < -0.3 is 20.3 Å². The third-order valence-electron chi connectivity index (χ3n) is 6.29. The van der Waals surface area contributed by atoms with Gasteiger partial charge in [0.1, 0.15) is 11.6 Å². The first kappa shape index (κ1) is 20.3. The SMILES string of the molecule is COc1ccc(N2N[C@H](C)[C@@H]3CN(c4nc(N)nc5c4cnn5C)CCN3C2=O)cc1C. The van der Waals surface area contributed by atoms with Crippen LogP contribution < -0.4 is 25.8 Å². The molecule has 2 aliphatic rings. The predicted octanol–water partition coefficient (Wildman–Crippen LogP) is 1.29. The number of methoxy groups -OCH3 is 1. The Balaban J connectivity index is 1.41. The van der Waals surface area contributed by atoms with E-state index in [9.17, 15) is 4.79 Å². The van der Waals surface area contributed by atoms with Gasteiger partial charge in [-0.1, -0.05) is 0 Å². The number of carbonyl (C=O) groups excluding carboxylic acids is 1. The summed E-state index contributed by atoms with van der Waals surface area (Å²) >= 11 is 0. The molecule has 2 aliphatic heterocycles. The molecule has 0 radical (unpaired) electrons. The molecule has 168 valence electrons. The summed E-state index contributed by atoms with van der Waals surface area (Å²) in [5, 5.41) is 6.79. The number of aromatic nitrogens is 4. The quantitative estimate of drug-likeness (QED) is 0.629. The fourth-order valence-electron chi connectivity index (χ4n) is 4.59. The molecule has 0 unspecified atom stereocenters. The number of nitrogens with one attached hydrogen (secondary N) is 1. The Kier molecular flexibility index (Phi) is 4.77. The number of fused-ring (bicyclic) bond motifs is 2. The third-order valence-corrected chi connectivity index (χ3v) is 6.29. The number of nitrogens with two attached hydrogens (primary N) is 1. The first-order valence-corrected chi connectivity index (χ1v) is 10.6. The van der Waals surface area contributed by atoms with Crippen LogP contribution in [-0.2, 0) is 7.05 Å². The van der Waals surface area contributed by atoms with Gasteiger partial charge in [0.25, 0.3) is 0 Å². The topological polar surface area (TPSA) is 118 Å². The zero-order valence-electron chi connectivity index (χ0n) is 18.6. The summed E-state index contributed by atoms with van der Waals surface area (Å²) in [6, 6.07) is 5.67. The first-order valence-electron chi connectivity index (χ1n) is 10.6. The maximum atomic E-state index is 13.4. The fraction of sp³-hybridized carbons (Fsp3) is 0.429. The number of hydrazine groups is 1. The number of aryl methyl sites for hydroxylation is 2. The average Bonchev–Trinajstić information content (AvgIpc) is 3.15. The molecule has 0 saturated carbocycles. The van der Waals surface area contributed by atoms with Crippen molar-refractivity contribution in [1.29, 1.82) is 0 Å². The van der Waals surface area contributed by atoms with Crippen LogP contribution in [0.15, 0.2) is 24.4 Å². The minimum atomic E-state index is -0.0638. The Morgan fingerprint density at radius 2 is 2.06 bits per heavy atom. The number of urea groups is 1. The first-order chi connectivity index (χ1) is 15.4. The lowest BCUT2D eigenvalue weighted by molar-refractivity contribution is 0.129. The molecule has 1 aromatic carbocycles. The van der Waals surface area contributed by atoms with Gasteiger partial charge in [-0.3, -0.25) is 4.68 Å². The van der Waals surface area contributed by atoms with E-state index in [2.05, 4.69) is 32.3 Å². The molecule has 11 heteroatoms. The van der Waals surface area contributed by atoms with Gasteiger partial charge >= 0.3 is 6.03 Å². The zero-order valence-corrected chi connectivity index (χ0v) is 18.6. The highest BCUT2D eigenvalue weighted by Gasteiger charge is 2.42. The fourth-order valence-corrected chi connectivity index (χ4v) is 4.59. The van der Waals surface area contributed by atoms with Crippen molar-refractivity contribution in [2.45, 2.75) is 25.9 Å². The molecule has 0 bridgehead atoms. The summed E-state index contributed by atoms with van der Waals surface area (Å²) in [4.78, 5) is 26.3. The van der Waals surface area contributed by atoms with Crippen LogP contribution in [0.4, 0.5) is 22.2 Å². The minimum absolute atomic E-state index is 0.0187. The Morgan fingerprint density at radius 3 is 2.81 bits per heavy atom. The monoisotopic (exact) mass is 437 g/mol. The van der Waals surface area contributed by atoms with Crippen LogP contribution in [0.25, 0.3) is 11.0 Å². The number of ether oxygens (including phenoxy) is 1. The summed E-state index contributed by atoms with van der Waals surface area (Å²) in [6.07, 6.45) is 1.76. The van der Waals surface area contributed by atoms with E-state index in [0.29, 0.717) is 25.3 Å². The molecule has 0 aliphatic carbocycles. The Hall–Kier alpha value is -3.60. The lowest BCUT2D eigenvalue weighted by Crippen LogP contribution is -2.72. The number of anilines is 3. The highest BCUT2D eigenvalue weighted by Crippen LogP contribution is 2.31. The standard InChI is InChI=1S/C21H27N9O2/c1-12-9-14(5-6-17(12)32-4)30-21(31)29-8-7-28(11-16(29)13(2)26-30)19-15-10-23-27(3)18(15)24-20(22)25-19/h5-6,9-10,13,16,26H,7-8,11H2,1-4H3,(H2,22,24,25)/t13-,16+/m1/s1. The van der Waals surface area contributed by atoms with Crippen molar-refractivity contribution in [3.05, 3.63) is 30.0 Å². The number of hydrogen-bond acceptors (Lipinski definition) is 8. The van der Waals surface area contributed by atoms with Gasteiger partial charge in [0.2, 0.25) is 5.95 Å². The Labute approximate surface area is 185 Å². The van der Waals surface area contributed by atoms with E-state index in [1.165, 1.54) is 0 Å². The average molecular weight is 438 g/mol. The van der Waals surface area contributed by atoms with Crippen molar-refractivity contribution in [2.24, 2.45) is 7.05 Å². The van der Waals surface area contributed by atoms with Gasteiger partial charge in [-0.05, 0) is 37.6 Å². The lowest BCUT2D eigenvalue weighted by atomic mass is 10.0. The predicted molar refractivity (Wildman–Crippen MR) is 122 cm³/mol. The number of amides is 2. The number of benzene rings is 1. The molecular formula is C21H27N9O2. The van der Waals surface area contributed by atoms with Gasteiger partial charge in [0, 0.05) is 32.7 Å². The number of piperazine rings is 1. The van der Waals surface area contributed by atoms with Gasteiger partial charge in [0.15, 0.2) is 5.65 Å². The van der Waals surface area contributed by atoms with Crippen LogP contribution >= 0.6 is 0 Å². The van der Waals surface area contributed by atoms with Gasteiger partial charge in [-0.15, -0.1) is 0 Å². The van der Waals surface area contributed by atoms with Crippen LogP contribution in [0.1, 0.15) is 12.5 Å². The van der Waals surface area contributed by atoms with Crippen LogP contribution in [0.3, 0.4) is 0 Å². The maximum absolute atomic E-state index is 13.4. The molecule has 2 atom stereocenters. The molecule has 5 rings (SSSR count). The Bertz CT molecular complexity index is 1190. The molecular weight excluding hydrogens is 410 g/mol. The van der Waals surface area contributed by atoms with E-state index in [-0.39, 0.29) is 24.1 Å². The molecule has 2 aromatic heterocycles. The molecule has 3 N–H and O–H groups in total. The number of nitrogen functional groups attached to an aromatic ring is 1. The number of rotatable bonds is 3. The van der Waals surface area contributed by atoms with Crippen molar-refractivity contribution in [3.63, 3.8) is 0 Å². The van der Waals surface area contributed by atoms with E-state index in [4.69, 9.17) is 10.5 Å². The molecule has 11 nitrogen and oxygen atoms in total. The lowest BCUT2D eigenvalue weighted by Gasteiger charge is -2.50. The molecule has 2 fully saturated rings. The zero-order chi connectivity index (χ0) is 22.6. The van der Waals surface area contributed by atoms with Crippen molar-refractivity contribution < 1.29 is 9.53 Å². The second kappa shape index (κ2) is 7.52. The van der Waals surface area contributed by atoms with Crippen molar-refractivity contribution in [1.82, 2.24) is 30.1 Å². The third kappa shape index (κ3) is 3.16. The molecule has 2 saturated heterocycles. The summed E-state index contributed by atoms with van der Waals surface area (Å²) in [7, 11) is 3.47. The summed E-state index contributed by atoms with van der Waals surface area (Å²) in [5.74, 6) is 1.77. The molecule has 0 spiro atoms. The number of nitrogens with zero attached hydrogens (tertiary/aromatic N) is 7. The smallest absolute Gasteiger partial charge is 0.339 e. The molecule has 32 heavy (non-hydrogen) atoms. The number of carbonyl (C=O) groups is 1. The van der Waals surface area contributed by atoms with E-state index in [0.717, 1.165) is 28.2 Å². The summed E-state index contributed by atoms with van der Waals surface area (Å²) in [5.41, 5.74) is 11.8. The van der Waals surface area contributed by atoms with Gasteiger partial charge in [-0.25, -0.2) is 15.2 Å². The second-order valence-electron chi connectivity index (χ2n) is 8.31. The molecule has 4 heterocycles. The van der Waals surface area contributed by atoms with Crippen molar-refractivity contribution >= 4 is 34.5 Å². The minimum Gasteiger partial charge on any atom is -0.496 e.